The smallest absolute Gasteiger partial charge is 0.227 e. The van der Waals surface area contributed by atoms with E-state index >= 15 is 0 Å². The third-order valence-electron chi connectivity index (χ3n) is 5.15. The molecule has 0 aliphatic carbocycles. The van der Waals surface area contributed by atoms with Crippen molar-refractivity contribution in [2.24, 2.45) is 7.05 Å². The number of hydrogen-bond donors (Lipinski definition) is 2. The van der Waals surface area contributed by atoms with Crippen LogP contribution in [-0.4, -0.2) is 33.8 Å². The Kier molecular flexibility index (Phi) is 7.04. The van der Waals surface area contributed by atoms with Crippen LogP contribution in [0.15, 0.2) is 29.6 Å². The van der Waals surface area contributed by atoms with Gasteiger partial charge in [-0.2, -0.15) is 10.1 Å². The van der Waals surface area contributed by atoms with E-state index in [0.717, 1.165) is 44.6 Å². The van der Waals surface area contributed by atoms with Gasteiger partial charge in [-0.3, -0.25) is 10.1 Å². The van der Waals surface area contributed by atoms with Gasteiger partial charge in [0.05, 0.1) is 0 Å². The second-order valence-electron chi connectivity index (χ2n) is 7.10. The average Bonchev–Trinajstić information content (AvgIpc) is 3.27. The van der Waals surface area contributed by atoms with Crippen molar-refractivity contribution in [1.82, 2.24) is 20.1 Å². The van der Waals surface area contributed by atoms with Crippen LogP contribution in [0.2, 0.25) is 0 Å². The van der Waals surface area contributed by atoms with E-state index in [1.165, 1.54) is 15.6 Å². The summed E-state index contributed by atoms with van der Waals surface area (Å²) >= 11 is 1.77. The minimum Gasteiger partial charge on any atom is -0.317 e. The molecule has 0 radical (unpaired) electrons. The van der Waals surface area contributed by atoms with Gasteiger partial charge in [-0.05, 0) is 61.2 Å². The van der Waals surface area contributed by atoms with Crippen LogP contribution >= 0.6 is 23.7 Å². The molecule has 0 atom stereocenters. The van der Waals surface area contributed by atoms with Gasteiger partial charge < -0.3 is 5.32 Å². The molecule has 1 aromatic carbocycles. The third-order valence-corrected chi connectivity index (χ3v) is 6.16. The minimum absolute atomic E-state index is 0. The molecule has 0 saturated carbocycles. The lowest BCUT2D eigenvalue weighted by atomic mass is 9.98. The fraction of sp³-hybridized carbons (Fsp3) is 0.450. The molecule has 1 aliphatic rings. The average molecular weight is 420 g/mol. The van der Waals surface area contributed by atoms with E-state index in [1.54, 1.807) is 16.0 Å². The molecule has 3 aromatic rings. The highest BCUT2D eigenvalue weighted by Gasteiger charge is 2.21. The number of aromatic nitrogens is 3. The molecular formula is C20H26ClN5OS. The predicted molar refractivity (Wildman–Crippen MR) is 116 cm³/mol. The fourth-order valence-electron chi connectivity index (χ4n) is 3.62. The maximum absolute atomic E-state index is 12.3. The molecule has 8 heteroatoms. The molecule has 1 fully saturated rings. The van der Waals surface area contributed by atoms with Crippen molar-refractivity contribution in [3.05, 3.63) is 41.0 Å². The summed E-state index contributed by atoms with van der Waals surface area (Å²) in [4.78, 5) is 16.9. The first-order valence-electron chi connectivity index (χ1n) is 9.57. The summed E-state index contributed by atoms with van der Waals surface area (Å²) in [5, 5.41) is 14.3. The first kappa shape index (κ1) is 20.8. The fourth-order valence-corrected chi connectivity index (χ4v) is 4.62. The largest absolute Gasteiger partial charge is 0.317 e. The van der Waals surface area contributed by atoms with Crippen LogP contribution in [0.5, 0.6) is 0 Å². The molecule has 1 amide bonds. The summed E-state index contributed by atoms with van der Waals surface area (Å²) < 4.78 is 2.99. The highest BCUT2D eigenvalue weighted by atomic mass is 35.5. The second-order valence-corrected chi connectivity index (χ2v) is 8.01. The molecule has 150 valence electrons. The molecule has 2 N–H and O–H groups in total. The predicted octanol–water partition coefficient (Wildman–Crippen LogP) is 3.88. The number of rotatable bonds is 6. The Morgan fingerprint density at radius 3 is 2.93 bits per heavy atom. The molecule has 0 bridgehead atoms. The van der Waals surface area contributed by atoms with Crippen molar-refractivity contribution in [3.8, 4) is 0 Å². The topological polar surface area (TPSA) is 71.8 Å². The van der Waals surface area contributed by atoms with Gasteiger partial charge in [-0.25, -0.2) is 4.68 Å². The van der Waals surface area contributed by atoms with Gasteiger partial charge in [0.1, 0.15) is 0 Å². The van der Waals surface area contributed by atoms with Crippen molar-refractivity contribution in [2.75, 3.05) is 18.4 Å². The third kappa shape index (κ3) is 4.71. The molecule has 0 spiro atoms. The molecule has 6 nitrogen and oxygen atoms in total. The number of amides is 1. The number of piperidine rings is 1. The minimum atomic E-state index is 0. The number of benzene rings is 1. The van der Waals surface area contributed by atoms with Crippen molar-refractivity contribution in [1.29, 1.82) is 0 Å². The van der Waals surface area contributed by atoms with Crippen LogP contribution in [0.3, 0.4) is 0 Å². The molecule has 2 aromatic heterocycles. The highest BCUT2D eigenvalue weighted by molar-refractivity contribution is 7.17. The number of nitrogens with one attached hydrogen (secondary N) is 2. The molecular weight excluding hydrogens is 394 g/mol. The summed E-state index contributed by atoms with van der Waals surface area (Å²) in [5.41, 5.74) is 1.33. The zero-order chi connectivity index (χ0) is 18.6. The summed E-state index contributed by atoms with van der Waals surface area (Å²) in [5.74, 6) is 1.78. The van der Waals surface area contributed by atoms with Crippen LogP contribution in [0.25, 0.3) is 10.1 Å². The van der Waals surface area contributed by atoms with E-state index in [4.69, 9.17) is 0 Å². The molecule has 4 rings (SSSR count). The molecule has 1 saturated heterocycles. The van der Waals surface area contributed by atoms with Gasteiger partial charge >= 0.3 is 0 Å². The van der Waals surface area contributed by atoms with Gasteiger partial charge in [0.2, 0.25) is 11.9 Å². The maximum atomic E-state index is 12.3. The lowest BCUT2D eigenvalue weighted by molar-refractivity contribution is -0.116. The molecule has 3 heterocycles. The van der Waals surface area contributed by atoms with Crippen molar-refractivity contribution < 1.29 is 4.79 Å². The van der Waals surface area contributed by atoms with Crippen LogP contribution in [0, 0.1) is 0 Å². The summed E-state index contributed by atoms with van der Waals surface area (Å²) in [6, 6.07) is 8.43. The highest BCUT2D eigenvalue weighted by Crippen LogP contribution is 2.27. The molecule has 0 unspecified atom stereocenters. The van der Waals surface area contributed by atoms with Crippen LogP contribution in [-0.2, 0) is 18.3 Å². The molecule has 28 heavy (non-hydrogen) atoms. The molecule has 1 aliphatic heterocycles. The number of fused-ring (bicyclic) bond motifs is 1. The van der Waals surface area contributed by atoms with Gasteiger partial charge in [0.15, 0.2) is 5.82 Å². The number of hydrogen-bond acceptors (Lipinski definition) is 5. The summed E-state index contributed by atoms with van der Waals surface area (Å²) in [6.45, 7) is 2.00. The lowest BCUT2D eigenvalue weighted by Crippen LogP contribution is -2.27. The van der Waals surface area contributed by atoms with Gasteiger partial charge in [-0.1, -0.05) is 18.2 Å². The number of anilines is 1. The zero-order valence-electron chi connectivity index (χ0n) is 16.0. The Hall–Kier alpha value is -1.96. The van der Waals surface area contributed by atoms with E-state index in [-0.39, 0.29) is 18.3 Å². The van der Waals surface area contributed by atoms with Gasteiger partial charge in [-0.15, -0.1) is 23.7 Å². The Bertz CT molecular complexity index is 932. The van der Waals surface area contributed by atoms with E-state index in [9.17, 15) is 4.79 Å². The zero-order valence-corrected chi connectivity index (χ0v) is 17.6. The normalized spacial score (nSPS) is 14.8. The van der Waals surface area contributed by atoms with E-state index < -0.39 is 0 Å². The first-order chi connectivity index (χ1) is 13.2. The Balaban J connectivity index is 0.00000225. The number of halogens is 1. The van der Waals surface area contributed by atoms with Crippen LogP contribution in [0.4, 0.5) is 5.95 Å². The lowest BCUT2D eigenvalue weighted by Gasteiger charge is -2.19. The number of carbonyl (C=O) groups is 1. The standard InChI is InChI=1S/C20H25N5OS.ClH/c1-25-20(23-19(24-25)14-9-11-21-12-10-14)22-18(26)8-4-5-15-13-27-17-7-3-2-6-16(15)17;/h2-3,6-7,13-14,21H,4-5,8-12H2,1H3,(H,22,23,24,26);1H. The number of thiophene rings is 1. The Morgan fingerprint density at radius 1 is 1.32 bits per heavy atom. The van der Waals surface area contributed by atoms with Crippen molar-refractivity contribution in [2.45, 2.75) is 38.0 Å². The van der Waals surface area contributed by atoms with Gasteiger partial charge in [0.25, 0.3) is 0 Å². The van der Waals surface area contributed by atoms with Crippen molar-refractivity contribution in [3.63, 3.8) is 0 Å². The Morgan fingerprint density at radius 2 is 2.11 bits per heavy atom. The number of nitrogens with zero attached hydrogens (tertiary/aromatic N) is 3. The van der Waals surface area contributed by atoms with Gasteiger partial charge in [0, 0.05) is 24.1 Å². The SMILES string of the molecule is Cl.Cn1nc(C2CCNCC2)nc1NC(=O)CCCc1csc2ccccc12. The van der Waals surface area contributed by atoms with E-state index in [1.807, 2.05) is 7.05 Å². The van der Waals surface area contributed by atoms with E-state index in [2.05, 4.69) is 50.4 Å². The number of carbonyl (C=O) groups excluding carboxylic acids is 1. The summed E-state index contributed by atoms with van der Waals surface area (Å²) in [7, 11) is 1.84. The second kappa shape index (κ2) is 9.49. The first-order valence-corrected chi connectivity index (χ1v) is 10.5. The summed E-state index contributed by atoms with van der Waals surface area (Å²) in [6.07, 6.45) is 4.32. The Labute approximate surface area is 175 Å². The monoisotopic (exact) mass is 419 g/mol. The van der Waals surface area contributed by atoms with Crippen LogP contribution in [0.1, 0.15) is 43.0 Å². The maximum Gasteiger partial charge on any atom is 0.227 e. The number of aryl methyl sites for hydroxylation is 2. The van der Waals surface area contributed by atoms with Crippen LogP contribution < -0.4 is 10.6 Å². The quantitative estimate of drug-likeness (QED) is 0.636. The van der Waals surface area contributed by atoms with Crippen molar-refractivity contribution >= 4 is 45.7 Å². The van der Waals surface area contributed by atoms with E-state index in [0.29, 0.717) is 18.3 Å².